The van der Waals surface area contributed by atoms with Crippen LogP contribution in [0.2, 0.25) is 0 Å². The van der Waals surface area contributed by atoms with E-state index in [0.29, 0.717) is 12.0 Å². The Morgan fingerprint density at radius 1 is 1.25 bits per heavy atom. The molecular formula is C17H28FNO. The maximum absolute atomic E-state index is 13.3. The Kier molecular flexibility index (Phi) is 8.47. The average Bonchev–Trinajstić information content (AvgIpc) is 2.40. The molecule has 1 atom stereocenters. The Labute approximate surface area is 122 Å². The molecule has 0 aromatic heterocycles. The molecule has 0 saturated carbocycles. The molecule has 0 aliphatic carbocycles. The Hall–Kier alpha value is -0.930. The van der Waals surface area contributed by atoms with Crippen LogP contribution >= 0.6 is 0 Å². The van der Waals surface area contributed by atoms with Crippen LogP contribution in [-0.4, -0.2) is 26.3 Å². The van der Waals surface area contributed by atoms with Gasteiger partial charge in [-0.3, -0.25) is 0 Å². The zero-order chi connectivity index (χ0) is 14.8. The Bertz CT molecular complexity index is 368. The van der Waals surface area contributed by atoms with Crippen LogP contribution in [-0.2, 0) is 11.2 Å². The van der Waals surface area contributed by atoms with Crippen molar-refractivity contribution in [3.63, 3.8) is 0 Å². The first-order chi connectivity index (χ1) is 9.61. The number of methoxy groups -OCH3 is 1. The molecule has 0 saturated heterocycles. The molecule has 1 aromatic carbocycles. The van der Waals surface area contributed by atoms with Gasteiger partial charge in [0, 0.05) is 19.8 Å². The van der Waals surface area contributed by atoms with Crippen LogP contribution < -0.4 is 5.32 Å². The summed E-state index contributed by atoms with van der Waals surface area (Å²) < 4.78 is 18.3. The molecule has 3 heteroatoms. The zero-order valence-electron chi connectivity index (χ0n) is 13.0. The van der Waals surface area contributed by atoms with E-state index in [1.54, 1.807) is 19.2 Å². The molecule has 0 bridgehead atoms. The van der Waals surface area contributed by atoms with Gasteiger partial charge in [-0.25, -0.2) is 4.39 Å². The molecule has 0 amide bonds. The summed E-state index contributed by atoms with van der Waals surface area (Å²) in [5.41, 5.74) is 1.09. The maximum Gasteiger partial charge on any atom is 0.123 e. The highest BCUT2D eigenvalue weighted by Crippen LogP contribution is 2.16. The minimum Gasteiger partial charge on any atom is -0.385 e. The molecule has 1 unspecified atom stereocenters. The largest absolute Gasteiger partial charge is 0.385 e. The van der Waals surface area contributed by atoms with Gasteiger partial charge in [0.25, 0.3) is 0 Å². The van der Waals surface area contributed by atoms with Crippen molar-refractivity contribution in [2.24, 2.45) is 5.92 Å². The van der Waals surface area contributed by atoms with E-state index in [1.807, 2.05) is 6.07 Å². The van der Waals surface area contributed by atoms with Crippen molar-refractivity contribution < 1.29 is 9.13 Å². The van der Waals surface area contributed by atoms with Crippen LogP contribution in [0.25, 0.3) is 0 Å². The second kappa shape index (κ2) is 9.89. The highest BCUT2D eigenvalue weighted by Gasteiger charge is 2.11. The van der Waals surface area contributed by atoms with E-state index in [4.69, 9.17) is 4.74 Å². The lowest BCUT2D eigenvalue weighted by atomic mass is 9.93. The van der Waals surface area contributed by atoms with Gasteiger partial charge in [-0.05, 0) is 49.4 Å². The number of benzene rings is 1. The Balaban J connectivity index is 2.47. The lowest BCUT2D eigenvalue weighted by Crippen LogP contribution is -2.30. The molecule has 20 heavy (non-hydrogen) atoms. The fourth-order valence-corrected chi connectivity index (χ4v) is 2.36. The van der Waals surface area contributed by atoms with Gasteiger partial charge in [-0.15, -0.1) is 0 Å². The summed E-state index contributed by atoms with van der Waals surface area (Å²) in [6, 6.07) is 7.45. The van der Waals surface area contributed by atoms with Gasteiger partial charge < -0.3 is 10.1 Å². The van der Waals surface area contributed by atoms with Crippen LogP contribution in [0.15, 0.2) is 24.3 Å². The summed E-state index contributed by atoms with van der Waals surface area (Å²) in [4.78, 5) is 0. The molecule has 0 fully saturated rings. The van der Waals surface area contributed by atoms with Crippen molar-refractivity contribution in [2.45, 2.75) is 45.6 Å². The SMILES string of the molecule is COCCCCC(CNC(C)C)Cc1cccc(F)c1. The van der Waals surface area contributed by atoms with E-state index in [2.05, 4.69) is 19.2 Å². The number of nitrogens with one attached hydrogen (secondary N) is 1. The van der Waals surface area contributed by atoms with Crippen LogP contribution in [0, 0.1) is 11.7 Å². The number of hydrogen-bond donors (Lipinski definition) is 1. The number of halogens is 1. The maximum atomic E-state index is 13.3. The van der Waals surface area contributed by atoms with Crippen molar-refractivity contribution >= 4 is 0 Å². The van der Waals surface area contributed by atoms with Gasteiger partial charge >= 0.3 is 0 Å². The summed E-state index contributed by atoms with van der Waals surface area (Å²) >= 11 is 0. The molecule has 0 spiro atoms. The third kappa shape index (κ3) is 7.61. The monoisotopic (exact) mass is 281 g/mol. The lowest BCUT2D eigenvalue weighted by molar-refractivity contribution is 0.190. The van der Waals surface area contributed by atoms with Crippen molar-refractivity contribution in [3.05, 3.63) is 35.6 Å². The summed E-state index contributed by atoms with van der Waals surface area (Å²) in [7, 11) is 1.74. The summed E-state index contributed by atoms with van der Waals surface area (Å²) in [6.45, 7) is 6.12. The van der Waals surface area contributed by atoms with Gasteiger partial charge in [-0.2, -0.15) is 0 Å². The minimum absolute atomic E-state index is 0.141. The fourth-order valence-electron chi connectivity index (χ4n) is 2.36. The van der Waals surface area contributed by atoms with Crippen LogP contribution in [0.1, 0.15) is 38.7 Å². The van der Waals surface area contributed by atoms with E-state index < -0.39 is 0 Å². The van der Waals surface area contributed by atoms with Crippen LogP contribution in [0.5, 0.6) is 0 Å². The van der Waals surface area contributed by atoms with Crippen LogP contribution in [0.4, 0.5) is 4.39 Å². The molecule has 114 valence electrons. The molecule has 1 rings (SSSR count). The van der Waals surface area contributed by atoms with Crippen molar-refractivity contribution in [3.8, 4) is 0 Å². The first-order valence-corrected chi connectivity index (χ1v) is 7.58. The summed E-state index contributed by atoms with van der Waals surface area (Å²) in [5, 5.41) is 3.50. The van der Waals surface area contributed by atoms with E-state index in [0.717, 1.165) is 44.4 Å². The van der Waals surface area contributed by atoms with E-state index in [9.17, 15) is 4.39 Å². The lowest BCUT2D eigenvalue weighted by Gasteiger charge is -2.19. The third-order valence-electron chi connectivity index (χ3n) is 3.44. The number of hydrogen-bond acceptors (Lipinski definition) is 2. The molecule has 0 aliphatic heterocycles. The van der Waals surface area contributed by atoms with E-state index in [1.165, 1.54) is 6.07 Å². The standard InChI is InChI=1S/C17H28FNO/c1-14(2)19-13-16(7-4-5-10-20-3)11-15-8-6-9-17(18)12-15/h6,8-9,12,14,16,19H,4-5,7,10-11,13H2,1-3H3. The highest BCUT2D eigenvalue weighted by molar-refractivity contribution is 5.16. The molecule has 1 aromatic rings. The molecular weight excluding hydrogens is 253 g/mol. The Morgan fingerprint density at radius 3 is 2.70 bits per heavy atom. The second-order valence-electron chi connectivity index (χ2n) is 5.75. The topological polar surface area (TPSA) is 21.3 Å². The molecule has 0 heterocycles. The Morgan fingerprint density at radius 2 is 2.05 bits per heavy atom. The molecule has 0 aliphatic rings. The smallest absolute Gasteiger partial charge is 0.123 e. The van der Waals surface area contributed by atoms with E-state index >= 15 is 0 Å². The molecule has 2 nitrogen and oxygen atoms in total. The van der Waals surface area contributed by atoms with Crippen molar-refractivity contribution in [1.29, 1.82) is 0 Å². The molecule has 0 radical (unpaired) electrons. The first-order valence-electron chi connectivity index (χ1n) is 7.58. The van der Waals surface area contributed by atoms with Gasteiger partial charge in [0.2, 0.25) is 0 Å². The molecule has 1 N–H and O–H groups in total. The minimum atomic E-state index is -0.141. The zero-order valence-corrected chi connectivity index (χ0v) is 13.0. The number of rotatable bonds is 10. The quantitative estimate of drug-likeness (QED) is 0.659. The van der Waals surface area contributed by atoms with E-state index in [-0.39, 0.29) is 5.82 Å². The van der Waals surface area contributed by atoms with Crippen molar-refractivity contribution in [2.75, 3.05) is 20.3 Å². The normalized spacial score (nSPS) is 12.8. The highest BCUT2D eigenvalue weighted by atomic mass is 19.1. The predicted octanol–water partition coefficient (Wildman–Crippen LogP) is 3.80. The second-order valence-corrected chi connectivity index (χ2v) is 5.75. The van der Waals surface area contributed by atoms with Gasteiger partial charge in [0.05, 0.1) is 0 Å². The number of unbranched alkanes of at least 4 members (excludes halogenated alkanes) is 1. The van der Waals surface area contributed by atoms with Gasteiger partial charge in [0.15, 0.2) is 0 Å². The third-order valence-corrected chi connectivity index (χ3v) is 3.44. The average molecular weight is 281 g/mol. The van der Waals surface area contributed by atoms with Crippen molar-refractivity contribution in [1.82, 2.24) is 5.32 Å². The fraction of sp³-hybridized carbons (Fsp3) is 0.647. The number of ether oxygens (including phenoxy) is 1. The first kappa shape index (κ1) is 17.1. The predicted molar refractivity (Wildman–Crippen MR) is 82.5 cm³/mol. The summed E-state index contributed by atoms with van der Waals surface area (Å²) in [6.07, 6.45) is 4.34. The summed E-state index contributed by atoms with van der Waals surface area (Å²) in [5.74, 6) is 0.411. The van der Waals surface area contributed by atoms with Gasteiger partial charge in [0.1, 0.15) is 5.82 Å². The van der Waals surface area contributed by atoms with Crippen LogP contribution in [0.3, 0.4) is 0 Å². The van der Waals surface area contributed by atoms with Gasteiger partial charge in [-0.1, -0.05) is 32.4 Å².